The summed E-state index contributed by atoms with van der Waals surface area (Å²) >= 11 is 6.76. The van der Waals surface area contributed by atoms with Crippen molar-refractivity contribution in [2.24, 2.45) is 0 Å². The van der Waals surface area contributed by atoms with Crippen molar-refractivity contribution in [3.8, 4) is 11.8 Å². The number of pyridine rings is 3. The molecule has 0 bridgehead atoms. The molecule has 7 nitrogen and oxygen atoms in total. The Morgan fingerprint density at radius 3 is 2.25 bits per heavy atom. The summed E-state index contributed by atoms with van der Waals surface area (Å²) in [6.07, 6.45) is 4.45. The van der Waals surface area contributed by atoms with E-state index in [1.165, 1.54) is 0 Å². The number of methoxy groups -OCH3 is 2. The first-order chi connectivity index (χ1) is 19.1. The van der Waals surface area contributed by atoms with Gasteiger partial charge in [0.05, 0.1) is 29.8 Å². The molecule has 4 rings (SSSR count). The lowest BCUT2D eigenvalue weighted by molar-refractivity contribution is 0.00332. The van der Waals surface area contributed by atoms with E-state index in [0.29, 0.717) is 30.3 Å². The number of thioether (sulfide) groups is 2. The van der Waals surface area contributed by atoms with E-state index in [0.717, 1.165) is 42.2 Å². The molecule has 0 aliphatic carbocycles. The summed E-state index contributed by atoms with van der Waals surface area (Å²) in [4.78, 5) is 16.2. The Hall–Kier alpha value is -2.37. The van der Waals surface area contributed by atoms with E-state index in [1.54, 1.807) is 37.7 Å². The Balaban J connectivity index is 2.11. The number of nitrogens with zero attached hydrogens (tertiary/aromatic N) is 4. The number of fused-ring (bicyclic) bond motifs is 1. The standard InChI is InChI=1S/C30H35BrN4O3S2/c1-18-12-21(17-25(32-18)37-4)30(36,10-11-35(2)3)28(20-15-26(39-6)34-27(16-20)40-7)23-14-19-13-22(31)8-9-24(19)33-29(23)38-5/h8-9,12-17,28,36H,10-11H2,1-7H3. The second-order valence-electron chi connectivity index (χ2n) is 9.86. The average Bonchev–Trinajstić information content (AvgIpc) is 2.95. The first-order valence-corrected chi connectivity index (χ1v) is 16.0. The summed E-state index contributed by atoms with van der Waals surface area (Å²) < 4.78 is 12.4. The predicted molar refractivity (Wildman–Crippen MR) is 168 cm³/mol. The zero-order valence-corrected chi connectivity index (χ0v) is 27.1. The van der Waals surface area contributed by atoms with Crippen molar-refractivity contribution in [3.05, 3.63) is 75.4 Å². The molecule has 3 aromatic heterocycles. The monoisotopic (exact) mass is 642 g/mol. The van der Waals surface area contributed by atoms with Gasteiger partial charge in [0.1, 0.15) is 5.60 Å². The van der Waals surface area contributed by atoms with Gasteiger partial charge in [-0.1, -0.05) is 15.9 Å². The molecule has 1 aromatic carbocycles. The Bertz CT molecular complexity index is 1480. The molecule has 2 unspecified atom stereocenters. The molecule has 212 valence electrons. The van der Waals surface area contributed by atoms with Gasteiger partial charge in [-0.2, -0.15) is 0 Å². The van der Waals surface area contributed by atoms with Crippen LogP contribution in [-0.2, 0) is 5.60 Å². The third-order valence-corrected chi connectivity index (χ3v) is 8.63. The lowest BCUT2D eigenvalue weighted by atomic mass is 9.72. The maximum absolute atomic E-state index is 13.1. The zero-order chi connectivity index (χ0) is 29.0. The molecule has 0 spiro atoms. The van der Waals surface area contributed by atoms with E-state index in [4.69, 9.17) is 19.4 Å². The fraction of sp³-hybridized carbons (Fsp3) is 0.367. The number of aromatic nitrogens is 3. The summed E-state index contributed by atoms with van der Waals surface area (Å²) in [5, 5.41) is 15.8. The summed E-state index contributed by atoms with van der Waals surface area (Å²) in [6, 6.07) is 15.9. The minimum absolute atomic E-state index is 0.433. The van der Waals surface area contributed by atoms with Crippen molar-refractivity contribution in [1.29, 1.82) is 0 Å². The van der Waals surface area contributed by atoms with Crippen LogP contribution in [0.4, 0.5) is 0 Å². The highest BCUT2D eigenvalue weighted by molar-refractivity contribution is 9.10. The molecule has 0 aliphatic rings. The molecule has 3 heterocycles. The highest BCUT2D eigenvalue weighted by Gasteiger charge is 2.43. The molecule has 0 fully saturated rings. The number of hydrogen-bond donors (Lipinski definition) is 1. The van der Waals surface area contributed by atoms with Gasteiger partial charge in [-0.15, -0.1) is 23.5 Å². The highest BCUT2D eigenvalue weighted by atomic mass is 79.9. The summed E-state index contributed by atoms with van der Waals surface area (Å²) in [5.74, 6) is 0.368. The quantitative estimate of drug-likeness (QED) is 0.184. The van der Waals surface area contributed by atoms with Gasteiger partial charge in [0, 0.05) is 39.6 Å². The molecule has 0 saturated carbocycles. The number of ether oxygens (including phenoxy) is 2. The Labute approximate surface area is 253 Å². The summed E-state index contributed by atoms with van der Waals surface area (Å²) in [6.45, 7) is 2.55. The zero-order valence-electron chi connectivity index (χ0n) is 23.9. The molecule has 10 heteroatoms. The van der Waals surface area contributed by atoms with Crippen LogP contribution < -0.4 is 9.47 Å². The largest absolute Gasteiger partial charge is 0.481 e. The van der Waals surface area contributed by atoms with Crippen molar-refractivity contribution in [1.82, 2.24) is 19.9 Å². The minimum Gasteiger partial charge on any atom is -0.481 e. The fourth-order valence-electron chi connectivity index (χ4n) is 4.95. The van der Waals surface area contributed by atoms with Gasteiger partial charge >= 0.3 is 0 Å². The molecule has 0 radical (unpaired) electrons. The van der Waals surface area contributed by atoms with Crippen LogP contribution in [0.2, 0.25) is 0 Å². The third kappa shape index (κ3) is 6.57. The molecule has 2 atom stereocenters. The topological polar surface area (TPSA) is 80.6 Å². The Kier molecular flexibility index (Phi) is 10.00. The van der Waals surface area contributed by atoms with Crippen molar-refractivity contribution in [2.45, 2.75) is 34.9 Å². The van der Waals surface area contributed by atoms with Crippen LogP contribution in [-0.4, -0.2) is 72.3 Å². The number of rotatable bonds is 11. The SMILES string of the molecule is COc1cc(C(O)(CCN(C)C)C(c2cc(SC)nc(SC)c2)c2cc3cc(Br)ccc3nc2OC)cc(C)n1. The van der Waals surface area contributed by atoms with Crippen LogP contribution in [0.15, 0.2) is 63.1 Å². The van der Waals surface area contributed by atoms with Gasteiger partial charge in [-0.3, -0.25) is 0 Å². The molecule has 0 amide bonds. The first-order valence-electron chi connectivity index (χ1n) is 12.8. The number of hydrogen-bond acceptors (Lipinski definition) is 9. The Morgan fingerprint density at radius 2 is 1.65 bits per heavy atom. The van der Waals surface area contributed by atoms with Gasteiger partial charge in [0.2, 0.25) is 11.8 Å². The fourth-order valence-corrected chi connectivity index (χ4v) is 6.27. The molecule has 0 saturated heterocycles. The van der Waals surface area contributed by atoms with E-state index in [1.807, 2.05) is 63.9 Å². The van der Waals surface area contributed by atoms with Crippen LogP contribution in [0.5, 0.6) is 11.8 Å². The molecule has 40 heavy (non-hydrogen) atoms. The second kappa shape index (κ2) is 13.1. The van der Waals surface area contributed by atoms with Gasteiger partial charge in [-0.05, 0) is 93.5 Å². The van der Waals surface area contributed by atoms with Crippen LogP contribution >= 0.6 is 39.5 Å². The van der Waals surface area contributed by atoms with Crippen molar-refractivity contribution >= 4 is 50.4 Å². The smallest absolute Gasteiger partial charge is 0.217 e. The number of benzene rings is 1. The van der Waals surface area contributed by atoms with Gasteiger partial charge in [-0.25, -0.2) is 15.0 Å². The molecule has 4 aromatic rings. The lowest BCUT2D eigenvalue weighted by Gasteiger charge is -2.39. The van der Waals surface area contributed by atoms with E-state index >= 15 is 0 Å². The maximum atomic E-state index is 13.1. The summed E-state index contributed by atoms with van der Waals surface area (Å²) in [5.41, 5.74) is 2.61. The van der Waals surface area contributed by atoms with E-state index in [-0.39, 0.29) is 0 Å². The van der Waals surface area contributed by atoms with E-state index < -0.39 is 11.5 Å². The third-order valence-electron chi connectivity index (χ3n) is 6.88. The van der Waals surface area contributed by atoms with E-state index in [9.17, 15) is 5.11 Å². The summed E-state index contributed by atoms with van der Waals surface area (Å²) in [7, 11) is 7.23. The number of halogens is 1. The van der Waals surface area contributed by atoms with Crippen molar-refractivity contribution in [3.63, 3.8) is 0 Å². The minimum atomic E-state index is -1.38. The first kappa shape index (κ1) is 30.6. The van der Waals surface area contributed by atoms with Crippen LogP contribution in [0.1, 0.15) is 34.7 Å². The van der Waals surface area contributed by atoms with Gasteiger partial charge in [0.25, 0.3) is 0 Å². The lowest BCUT2D eigenvalue weighted by Crippen LogP contribution is -2.38. The molecular formula is C30H35BrN4O3S2. The van der Waals surface area contributed by atoms with Crippen molar-refractivity contribution < 1.29 is 14.6 Å². The highest BCUT2D eigenvalue weighted by Crippen LogP contribution is 2.49. The Morgan fingerprint density at radius 1 is 0.950 bits per heavy atom. The average molecular weight is 644 g/mol. The van der Waals surface area contributed by atoms with Crippen molar-refractivity contribution in [2.75, 3.05) is 47.4 Å². The second-order valence-corrected chi connectivity index (χ2v) is 12.4. The normalized spacial score (nSPS) is 13.8. The molecular weight excluding hydrogens is 608 g/mol. The van der Waals surface area contributed by atoms with Crippen LogP contribution in [0.25, 0.3) is 10.9 Å². The maximum Gasteiger partial charge on any atom is 0.217 e. The number of aryl methyl sites for hydroxylation is 1. The van der Waals surface area contributed by atoms with Gasteiger partial charge in [0.15, 0.2) is 0 Å². The number of aliphatic hydroxyl groups is 1. The van der Waals surface area contributed by atoms with Crippen LogP contribution in [0.3, 0.4) is 0 Å². The van der Waals surface area contributed by atoms with Gasteiger partial charge < -0.3 is 19.5 Å². The predicted octanol–water partition coefficient (Wildman–Crippen LogP) is 6.53. The molecule has 1 N–H and O–H groups in total. The van der Waals surface area contributed by atoms with E-state index in [2.05, 4.69) is 44.0 Å². The molecule has 0 aliphatic heterocycles. The van der Waals surface area contributed by atoms with Crippen LogP contribution in [0, 0.1) is 6.92 Å².